The average molecular weight is 237 g/mol. The summed E-state index contributed by atoms with van der Waals surface area (Å²) in [6.45, 7) is 4.64. The van der Waals surface area contributed by atoms with Crippen LogP contribution in [-0.2, 0) is 10.5 Å². The molecule has 4 nitrogen and oxygen atoms in total. The Kier molecular flexibility index (Phi) is 3.33. The summed E-state index contributed by atoms with van der Waals surface area (Å²) in [6.07, 6.45) is 2.81. The van der Waals surface area contributed by atoms with E-state index in [1.165, 1.54) is 4.91 Å². The molecule has 0 radical (unpaired) electrons. The van der Waals surface area contributed by atoms with Crippen LogP contribution in [0.15, 0.2) is 16.9 Å². The zero-order chi connectivity index (χ0) is 11.5. The minimum absolute atomic E-state index is 0.581. The van der Waals surface area contributed by atoms with Gasteiger partial charge in [-0.3, -0.25) is 0 Å². The Hall–Kier alpha value is -1.23. The molecule has 86 valence electrons. The molecular formula is C11H15N3OS. The van der Waals surface area contributed by atoms with E-state index in [0.717, 1.165) is 30.1 Å². The predicted octanol–water partition coefficient (Wildman–Crippen LogP) is 2.25. The summed E-state index contributed by atoms with van der Waals surface area (Å²) in [6, 6.07) is 0. The van der Waals surface area contributed by atoms with Gasteiger partial charge >= 0.3 is 0 Å². The van der Waals surface area contributed by atoms with Crippen LogP contribution in [0.25, 0.3) is 0 Å². The summed E-state index contributed by atoms with van der Waals surface area (Å²) in [5.74, 6) is 3.14. The van der Waals surface area contributed by atoms with E-state index in [4.69, 9.17) is 10.5 Å². The fraction of sp³-hybridized carbons (Fsp3) is 0.455. The van der Waals surface area contributed by atoms with E-state index in [1.54, 1.807) is 18.0 Å². The molecule has 2 rings (SSSR count). The first-order chi connectivity index (χ1) is 7.66. The first kappa shape index (κ1) is 11.3. The minimum atomic E-state index is 0.581. The van der Waals surface area contributed by atoms with Crippen molar-refractivity contribution in [3.63, 3.8) is 0 Å². The largest absolute Gasteiger partial charge is 0.497 e. The minimum Gasteiger partial charge on any atom is -0.497 e. The van der Waals surface area contributed by atoms with Gasteiger partial charge in [0.2, 0.25) is 0 Å². The first-order valence-electron chi connectivity index (χ1n) is 5.20. The van der Waals surface area contributed by atoms with E-state index >= 15 is 0 Å². The normalized spacial score (nSPS) is 15.4. The van der Waals surface area contributed by atoms with Crippen molar-refractivity contribution in [3.05, 3.63) is 28.2 Å². The van der Waals surface area contributed by atoms with Gasteiger partial charge < -0.3 is 10.5 Å². The van der Waals surface area contributed by atoms with Crippen molar-refractivity contribution in [1.29, 1.82) is 0 Å². The third-order valence-corrected chi connectivity index (χ3v) is 3.76. The quantitative estimate of drug-likeness (QED) is 0.873. The number of allylic oxidation sites excluding steroid dienone is 1. The van der Waals surface area contributed by atoms with Crippen molar-refractivity contribution >= 4 is 17.6 Å². The highest BCUT2D eigenvalue weighted by Crippen LogP contribution is 2.32. The molecule has 0 fully saturated rings. The van der Waals surface area contributed by atoms with Gasteiger partial charge in [0.05, 0.1) is 6.61 Å². The average Bonchev–Trinajstić information content (AvgIpc) is 2.63. The number of hydrogen-bond acceptors (Lipinski definition) is 5. The topological polar surface area (TPSA) is 61.0 Å². The number of ether oxygens (including phenoxy) is 1. The lowest BCUT2D eigenvalue weighted by atomic mass is 10.3. The summed E-state index contributed by atoms with van der Waals surface area (Å²) >= 11 is 1.76. The second-order valence-corrected chi connectivity index (χ2v) is 4.76. The van der Waals surface area contributed by atoms with Crippen LogP contribution in [0.5, 0.6) is 0 Å². The molecule has 16 heavy (non-hydrogen) atoms. The lowest BCUT2D eigenvalue weighted by Gasteiger charge is -2.05. The zero-order valence-corrected chi connectivity index (χ0v) is 10.3. The van der Waals surface area contributed by atoms with E-state index < -0.39 is 0 Å². The maximum absolute atomic E-state index is 5.83. The number of rotatable bonds is 3. The summed E-state index contributed by atoms with van der Waals surface area (Å²) < 4.78 is 5.40. The van der Waals surface area contributed by atoms with Gasteiger partial charge in [0.1, 0.15) is 17.4 Å². The Morgan fingerprint density at radius 2 is 2.31 bits per heavy atom. The fourth-order valence-electron chi connectivity index (χ4n) is 1.52. The first-order valence-corrected chi connectivity index (χ1v) is 6.18. The highest BCUT2D eigenvalue weighted by atomic mass is 32.2. The van der Waals surface area contributed by atoms with Crippen LogP contribution in [-0.4, -0.2) is 16.6 Å². The van der Waals surface area contributed by atoms with Crippen LogP contribution in [0.4, 0.5) is 5.82 Å². The zero-order valence-electron chi connectivity index (χ0n) is 9.49. The summed E-state index contributed by atoms with van der Waals surface area (Å²) in [4.78, 5) is 9.60. The molecule has 1 aromatic rings. The third-order valence-electron chi connectivity index (χ3n) is 2.46. The van der Waals surface area contributed by atoms with E-state index in [1.807, 2.05) is 13.8 Å². The standard InChI is InChI=1S/C11H15N3OS/c1-7-10(3-4-15-7)16-6-9-5-13-8(2)14-11(9)12/h5H,3-4,6H2,1-2H3,(H2,12,13,14). The molecule has 1 aliphatic rings. The molecule has 0 saturated carbocycles. The third kappa shape index (κ3) is 2.47. The van der Waals surface area contributed by atoms with Crippen molar-refractivity contribution in [2.24, 2.45) is 0 Å². The fourth-order valence-corrected chi connectivity index (χ4v) is 2.56. The summed E-state index contributed by atoms with van der Waals surface area (Å²) in [7, 11) is 0. The Bertz CT molecular complexity index is 431. The summed E-state index contributed by atoms with van der Waals surface area (Å²) in [5, 5.41) is 0. The number of thioether (sulfide) groups is 1. The molecule has 0 aliphatic carbocycles. The molecule has 0 unspecified atom stereocenters. The SMILES string of the molecule is CC1=C(SCc2cnc(C)nc2N)CCO1. The second kappa shape index (κ2) is 4.74. The molecule has 2 heterocycles. The Balaban J connectivity index is 2.02. The van der Waals surface area contributed by atoms with Crippen LogP contribution >= 0.6 is 11.8 Å². The number of anilines is 1. The van der Waals surface area contributed by atoms with Crippen molar-refractivity contribution in [3.8, 4) is 0 Å². The number of aryl methyl sites for hydroxylation is 1. The molecule has 1 aromatic heterocycles. The molecule has 0 bridgehead atoms. The van der Waals surface area contributed by atoms with Gasteiger partial charge in [-0.05, 0) is 13.8 Å². The molecule has 0 amide bonds. The van der Waals surface area contributed by atoms with Crippen molar-refractivity contribution in [1.82, 2.24) is 9.97 Å². The van der Waals surface area contributed by atoms with Gasteiger partial charge in [0.15, 0.2) is 0 Å². The van der Waals surface area contributed by atoms with Gasteiger partial charge in [0, 0.05) is 28.8 Å². The van der Waals surface area contributed by atoms with Crippen LogP contribution in [0.1, 0.15) is 24.7 Å². The van der Waals surface area contributed by atoms with Crippen molar-refractivity contribution < 1.29 is 4.74 Å². The predicted molar refractivity (Wildman–Crippen MR) is 65.7 cm³/mol. The van der Waals surface area contributed by atoms with E-state index in [0.29, 0.717) is 11.6 Å². The molecule has 0 spiro atoms. The Morgan fingerprint density at radius 1 is 1.50 bits per heavy atom. The molecule has 2 N–H and O–H groups in total. The maximum atomic E-state index is 5.83. The van der Waals surface area contributed by atoms with Crippen LogP contribution in [0.2, 0.25) is 0 Å². The van der Waals surface area contributed by atoms with Crippen molar-refractivity contribution in [2.75, 3.05) is 12.3 Å². The number of aromatic nitrogens is 2. The van der Waals surface area contributed by atoms with Gasteiger partial charge in [-0.25, -0.2) is 9.97 Å². The number of nitrogen functional groups attached to an aromatic ring is 1. The molecule has 1 aliphatic heterocycles. The lowest BCUT2D eigenvalue weighted by molar-refractivity contribution is 0.246. The second-order valence-electron chi connectivity index (χ2n) is 3.69. The molecule has 0 saturated heterocycles. The van der Waals surface area contributed by atoms with Gasteiger partial charge in [-0.2, -0.15) is 0 Å². The van der Waals surface area contributed by atoms with Crippen LogP contribution in [0, 0.1) is 6.92 Å². The molecule has 0 aromatic carbocycles. The molecule has 0 atom stereocenters. The monoisotopic (exact) mass is 237 g/mol. The Morgan fingerprint density at radius 3 is 2.94 bits per heavy atom. The number of nitrogens with zero attached hydrogens (tertiary/aromatic N) is 2. The highest BCUT2D eigenvalue weighted by molar-refractivity contribution is 8.02. The van der Waals surface area contributed by atoms with Crippen LogP contribution in [0.3, 0.4) is 0 Å². The lowest BCUT2D eigenvalue weighted by Crippen LogP contribution is -2.00. The van der Waals surface area contributed by atoms with Gasteiger partial charge in [-0.15, -0.1) is 11.8 Å². The van der Waals surface area contributed by atoms with Crippen molar-refractivity contribution in [2.45, 2.75) is 26.0 Å². The smallest absolute Gasteiger partial charge is 0.131 e. The number of nitrogens with two attached hydrogens (primary N) is 1. The maximum Gasteiger partial charge on any atom is 0.131 e. The van der Waals surface area contributed by atoms with Crippen LogP contribution < -0.4 is 5.73 Å². The number of hydrogen-bond donors (Lipinski definition) is 1. The molecular weight excluding hydrogens is 222 g/mol. The summed E-state index contributed by atoms with van der Waals surface area (Å²) in [5.41, 5.74) is 6.82. The van der Waals surface area contributed by atoms with Gasteiger partial charge in [0.25, 0.3) is 0 Å². The van der Waals surface area contributed by atoms with E-state index in [-0.39, 0.29) is 0 Å². The van der Waals surface area contributed by atoms with E-state index in [9.17, 15) is 0 Å². The highest BCUT2D eigenvalue weighted by Gasteiger charge is 2.13. The molecule has 5 heteroatoms. The van der Waals surface area contributed by atoms with E-state index in [2.05, 4.69) is 9.97 Å². The van der Waals surface area contributed by atoms with Gasteiger partial charge in [-0.1, -0.05) is 0 Å². The Labute approximate surface area is 99.3 Å².